The Balaban J connectivity index is 1.75. The fourth-order valence-corrected chi connectivity index (χ4v) is 4.13. The minimum Gasteiger partial charge on any atom is -0.336 e. The van der Waals surface area contributed by atoms with Gasteiger partial charge in [0, 0.05) is 44.0 Å². The molecule has 0 atom stereocenters. The van der Waals surface area contributed by atoms with E-state index in [2.05, 4.69) is 4.90 Å². The van der Waals surface area contributed by atoms with Gasteiger partial charge in [-0.3, -0.25) is 9.69 Å². The quantitative estimate of drug-likeness (QED) is 0.838. The lowest BCUT2D eigenvalue weighted by Crippen LogP contribution is -2.49. The van der Waals surface area contributed by atoms with Crippen LogP contribution in [0.2, 0.25) is 5.02 Å². The zero-order valence-corrected chi connectivity index (χ0v) is 14.0. The van der Waals surface area contributed by atoms with Gasteiger partial charge in [-0.25, -0.2) is 8.42 Å². The van der Waals surface area contributed by atoms with Crippen LogP contribution in [-0.2, 0) is 9.84 Å². The van der Waals surface area contributed by atoms with Crippen LogP contribution in [0.25, 0.3) is 0 Å². The highest BCUT2D eigenvalue weighted by atomic mass is 35.5. The summed E-state index contributed by atoms with van der Waals surface area (Å²) in [6, 6.07) is 5.16. The monoisotopic (exact) mass is 342 g/mol. The van der Waals surface area contributed by atoms with E-state index in [1.807, 2.05) is 0 Å². The Kier molecular flexibility index (Phi) is 4.18. The zero-order valence-electron chi connectivity index (χ0n) is 12.5. The third-order valence-electron chi connectivity index (χ3n) is 4.24. The fourth-order valence-electron chi connectivity index (χ4n) is 2.83. The molecule has 1 saturated heterocycles. The molecule has 1 amide bonds. The fraction of sp³-hybridized carbons (Fsp3) is 0.533. The highest BCUT2D eigenvalue weighted by Gasteiger charge is 2.32. The van der Waals surface area contributed by atoms with Crippen LogP contribution in [0.3, 0.4) is 0 Å². The Morgan fingerprint density at radius 3 is 2.36 bits per heavy atom. The maximum Gasteiger partial charge on any atom is 0.253 e. The van der Waals surface area contributed by atoms with E-state index in [0.717, 1.165) is 19.3 Å². The number of halogens is 1. The van der Waals surface area contributed by atoms with Crippen LogP contribution in [0.5, 0.6) is 0 Å². The summed E-state index contributed by atoms with van der Waals surface area (Å²) in [5, 5.41) is 0.151. The second-order valence-electron chi connectivity index (χ2n) is 5.98. The first-order valence-corrected chi connectivity index (χ1v) is 9.66. The Labute approximate surface area is 135 Å². The third-order valence-corrected chi connectivity index (χ3v) is 5.82. The molecule has 1 heterocycles. The van der Waals surface area contributed by atoms with Gasteiger partial charge in [0.1, 0.15) is 0 Å². The molecule has 120 valence electrons. The first kappa shape index (κ1) is 15.8. The minimum atomic E-state index is -3.44. The molecule has 22 heavy (non-hydrogen) atoms. The van der Waals surface area contributed by atoms with E-state index in [1.54, 1.807) is 11.0 Å². The van der Waals surface area contributed by atoms with Crippen molar-refractivity contribution >= 4 is 27.3 Å². The van der Waals surface area contributed by atoms with E-state index < -0.39 is 9.84 Å². The number of nitrogens with zero attached hydrogens (tertiary/aromatic N) is 2. The third kappa shape index (κ3) is 3.29. The van der Waals surface area contributed by atoms with Crippen molar-refractivity contribution in [1.29, 1.82) is 0 Å². The highest BCUT2D eigenvalue weighted by Crippen LogP contribution is 2.28. The summed E-state index contributed by atoms with van der Waals surface area (Å²) in [5.41, 5.74) is 0.379. The van der Waals surface area contributed by atoms with E-state index >= 15 is 0 Å². The van der Waals surface area contributed by atoms with Gasteiger partial charge >= 0.3 is 0 Å². The van der Waals surface area contributed by atoms with Crippen molar-refractivity contribution in [3.63, 3.8) is 0 Å². The van der Waals surface area contributed by atoms with Crippen LogP contribution in [-0.4, -0.2) is 62.6 Å². The van der Waals surface area contributed by atoms with Crippen LogP contribution < -0.4 is 0 Å². The molecule has 0 bridgehead atoms. The molecule has 1 aliphatic carbocycles. The van der Waals surface area contributed by atoms with Gasteiger partial charge < -0.3 is 4.90 Å². The van der Waals surface area contributed by atoms with Gasteiger partial charge in [-0.15, -0.1) is 0 Å². The van der Waals surface area contributed by atoms with Gasteiger partial charge in [0.15, 0.2) is 9.84 Å². The van der Waals surface area contributed by atoms with E-state index in [4.69, 9.17) is 11.6 Å². The van der Waals surface area contributed by atoms with Crippen LogP contribution in [0.1, 0.15) is 23.2 Å². The van der Waals surface area contributed by atoms with Crippen molar-refractivity contribution in [2.75, 3.05) is 32.4 Å². The number of rotatable bonds is 3. The van der Waals surface area contributed by atoms with Crippen LogP contribution in [0.15, 0.2) is 23.1 Å². The summed E-state index contributed by atoms with van der Waals surface area (Å²) < 4.78 is 23.4. The molecule has 0 spiro atoms. The molecule has 0 N–H and O–H groups in total. The molecular formula is C15H19ClN2O3S. The van der Waals surface area contributed by atoms with Gasteiger partial charge in [-0.1, -0.05) is 11.6 Å². The zero-order chi connectivity index (χ0) is 15.9. The maximum absolute atomic E-state index is 12.6. The second kappa shape index (κ2) is 5.83. The number of piperazine rings is 1. The Morgan fingerprint density at radius 1 is 1.18 bits per heavy atom. The molecule has 1 saturated carbocycles. The normalized spacial score (nSPS) is 20.2. The van der Waals surface area contributed by atoms with Gasteiger partial charge in [0.05, 0.1) is 9.92 Å². The summed E-state index contributed by atoms with van der Waals surface area (Å²) >= 11 is 5.92. The topological polar surface area (TPSA) is 57.7 Å². The lowest BCUT2D eigenvalue weighted by atomic mass is 10.2. The highest BCUT2D eigenvalue weighted by molar-refractivity contribution is 7.90. The first-order chi connectivity index (χ1) is 10.4. The van der Waals surface area contributed by atoms with Crippen molar-refractivity contribution in [3.05, 3.63) is 28.8 Å². The number of carbonyl (C=O) groups excluding carboxylic acids is 1. The first-order valence-electron chi connectivity index (χ1n) is 7.39. The van der Waals surface area contributed by atoms with E-state index in [0.29, 0.717) is 24.7 Å². The summed E-state index contributed by atoms with van der Waals surface area (Å²) in [6.45, 7) is 3.16. The molecule has 3 rings (SSSR count). The lowest BCUT2D eigenvalue weighted by Gasteiger charge is -2.34. The second-order valence-corrected chi connectivity index (χ2v) is 8.37. The molecule has 5 nitrogen and oxygen atoms in total. The Morgan fingerprint density at radius 2 is 1.82 bits per heavy atom. The SMILES string of the molecule is CS(=O)(=O)c1cc(C(=O)N2CCN(C3CC3)CC2)ccc1Cl. The van der Waals surface area contributed by atoms with Gasteiger partial charge in [0.2, 0.25) is 0 Å². The minimum absolute atomic E-state index is 0.0108. The summed E-state index contributed by atoms with van der Waals surface area (Å²) in [5.74, 6) is -0.128. The molecule has 0 aromatic heterocycles. The number of sulfone groups is 1. The molecule has 1 aromatic carbocycles. The molecule has 0 radical (unpaired) electrons. The number of hydrogen-bond donors (Lipinski definition) is 0. The van der Waals surface area contributed by atoms with Crippen molar-refractivity contribution in [2.24, 2.45) is 0 Å². The number of carbonyl (C=O) groups is 1. The molecule has 2 fully saturated rings. The largest absolute Gasteiger partial charge is 0.336 e. The molecule has 7 heteroatoms. The molecule has 0 unspecified atom stereocenters. The molecular weight excluding hydrogens is 324 g/mol. The predicted octanol–water partition coefficient (Wildman–Crippen LogP) is 1.66. The van der Waals surface area contributed by atoms with E-state index in [9.17, 15) is 13.2 Å². The van der Waals surface area contributed by atoms with Gasteiger partial charge in [-0.05, 0) is 31.0 Å². The van der Waals surface area contributed by atoms with Crippen molar-refractivity contribution < 1.29 is 13.2 Å². The number of hydrogen-bond acceptors (Lipinski definition) is 4. The summed E-state index contributed by atoms with van der Waals surface area (Å²) in [4.78, 5) is 16.8. The average Bonchev–Trinajstić information content (AvgIpc) is 3.31. The van der Waals surface area contributed by atoms with Crippen LogP contribution in [0, 0.1) is 0 Å². The van der Waals surface area contributed by atoms with E-state index in [-0.39, 0.29) is 15.8 Å². The average molecular weight is 343 g/mol. The smallest absolute Gasteiger partial charge is 0.253 e. The molecule has 2 aliphatic rings. The van der Waals surface area contributed by atoms with Crippen LogP contribution in [0.4, 0.5) is 0 Å². The predicted molar refractivity (Wildman–Crippen MR) is 85.1 cm³/mol. The van der Waals surface area contributed by atoms with Crippen molar-refractivity contribution in [1.82, 2.24) is 9.80 Å². The molecule has 1 aliphatic heterocycles. The Bertz CT molecular complexity index is 693. The Hall–Kier alpha value is -1.11. The van der Waals surface area contributed by atoms with E-state index in [1.165, 1.54) is 25.0 Å². The summed E-state index contributed by atoms with van der Waals surface area (Å²) in [6.07, 6.45) is 3.63. The number of benzene rings is 1. The van der Waals surface area contributed by atoms with Crippen molar-refractivity contribution in [3.8, 4) is 0 Å². The van der Waals surface area contributed by atoms with Crippen molar-refractivity contribution in [2.45, 2.75) is 23.8 Å². The van der Waals surface area contributed by atoms with Crippen LogP contribution >= 0.6 is 11.6 Å². The summed E-state index contributed by atoms with van der Waals surface area (Å²) in [7, 11) is -3.44. The lowest BCUT2D eigenvalue weighted by molar-refractivity contribution is 0.0627. The number of amides is 1. The maximum atomic E-state index is 12.6. The standard InChI is InChI=1S/C15H19ClN2O3S/c1-22(20,21)14-10-11(2-5-13(14)16)15(19)18-8-6-17(7-9-18)12-3-4-12/h2,5,10,12H,3-4,6-9H2,1H3. The molecule has 1 aromatic rings. The van der Waals surface area contributed by atoms with Gasteiger partial charge in [-0.2, -0.15) is 0 Å². The van der Waals surface area contributed by atoms with Gasteiger partial charge in [0.25, 0.3) is 5.91 Å².